The minimum absolute atomic E-state index is 0.0913. The van der Waals surface area contributed by atoms with Crippen molar-refractivity contribution in [3.63, 3.8) is 0 Å². The summed E-state index contributed by atoms with van der Waals surface area (Å²) in [6.45, 7) is 2.11. The fraction of sp³-hybridized carbons (Fsp3) is 0.381. The van der Waals surface area contributed by atoms with Gasteiger partial charge in [-0.2, -0.15) is 0 Å². The van der Waals surface area contributed by atoms with Gasteiger partial charge in [0.05, 0.1) is 6.17 Å². The van der Waals surface area contributed by atoms with E-state index in [0.717, 1.165) is 25.1 Å². The Morgan fingerprint density at radius 3 is 2.15 bits per heavy atom. The van der Waals surface area contributed by atoms with Gasteiger partial charge in [0.15, 0.2) is 0 Å². The molecule has 0 radical (unpaired) electrons. The second kappa shape index (κ2) is 8.09. The Morgan fingerprint density at radius 1 is 1.00 bits per heavy atom. The van der Waals surface area contributed by atoms with Gasteiger partial charge in [-0.25, -0.2) is 0 Å². The summed E-state index contributed by atoms with van der Waals surface area (Å²) in [4.78, 5) is 15.5. The Balaban J connectivity index is 1.53. The first-order valence-corrected chi connectivity index (χ1v) is 10.1. The van der Waals surface area contributed by atoms with Gasteiger partial charge in [-0.15, -0.1) is 0 Å². The molecule has 4 nitrogen and oxygen atoms in total. The third-order valence-corrected chi connectivity index (χ3v) is 5.94. The number of hydrogen-bond acceptors (Lipinski definition) is 3. The van der Waals surface area contributed by atoms with Gasteiger partial charge in [-0.3, -0.25) is 9.69 Å². The second-order valence-electron chi connectivity index (χ2n) is 7.24. The highest BCUT2D eigenvalue weighted by Gasteiger charge is 2.36. The maximum atomic E-state index is 13.1. The summed E-state index contributed by atoms with van der Waals surface area (Å²) >= 11 is 12.0. The van der Waals surface area contributed by atoms with Crippen LogP contribution in [-0.4, -0.2) is 30.1 Å². The smallest absolute Gasteiger partial charge is 0.267 e. The van der Waals surface area contributed by atoms with E-state index in [9.17, 15) is 4.79 Å². The molecule has 0 aromatic heterocycles. The minimum atomic E-state index is -0.745. The molecule has 3 aliphatic rings. The monoisotopic (exact) mass is 404 g/mol. The first-order chi connectivity index (χ1) is 13.1. The molecule has 3 fully saturated rings. The quantitative estimate of drug-likeness (QED) is 0.786. The van der Waals surface area contributed by atoms with Crippen molar-refractivity contribution < 1.29 is 9.53 Å². The Labute approximate surface area is 169 Å². The number of nitrogens with zero attached hydrogens (tertiary/aromatic N) is 1. The Bertz CT molecular complexity index is 787. The van der Waals surface area contributed by atoms with Gasteiger partial charge in [0, 0.05) is 28.7 Å². The molecule has 5 rings (SSSR count). The first kappa shape index (κ1) is 18.6. The zero-order valence-electron chi connectivity index (χ0n) is 14.9. The molecule has 3 heterocycles. The van der Waals surface area contributed by atoms with E-state index in [1.54, 1.807) is 36.4 Å². The van der Waals surface area contributed by atoms with Crippen molar-refractivity contribution in [2.75, 3.05) is 13.1 Å². The fourth-order valence-corrected chi connectivity index (χ4v) is 4.17. The van der Waals surface area contributed by atoms with Crippen molar-refractivity contribution in [2.45, 2.75) is 31.5 Å². The van der Waals surface area contributed by atoms with Crippen LogP contribution in [0.15, 0.2) is 48.5 Å². The average Bonchev–Trinajstić information content (AvgIpc) is 2.69. The topological polar surface area (TPSA) is 41.6 Å². The molecule has 0 aliphatic carbocycles. The predicted octanol–water partition coefficient (Wildman–Crippen LogP) is 4.67. The Hall–Kier alpha value is -1.75. The maximum absolute atomic E-state index is 13.1. The number of carbonyl (C=O) groups excluding carboxylic acids is 1. The highest BCUT2D eigenvalue weighted by molar-refractivity contribution is 6.30. The number of amides is 1. The molecular weight excluding hydrogens is 383 g/mol. The van der Waals surface area contributed by atoms with Crippen molar-refractivity contribution in [3.8, 4) is 5.75 Å². The number of ether oxygens (including phenoxy) is 1. The normalized spacial score (nSPS) is 25.0. The van der Waals surface area contributed by atoms with Gasteiger partial charge in [0.25, 0.3) is 5.91 Å². The van der Waals surface area contributed by atoms with Crippen molar-refractivity contribution in [2.24, 2.45) is 5.92 Å². The van der Waals surface area contributed by atoms with Crippen LogP contribution in [0.2, 0.25) is 10.0 Å². The summed E-state index contributed by atoms with van der Waals surface area (Å²) < 4.78 is 6.05. The number of carbonyl (C=O) groups is 1. The van der Waals surface area contributed by atoms with Crippen molar-refractivity contribution >= 4 is 29.1 Å². The van der Waals surface area contributed by atoms with E-state index in [-0.39, 0.29) is 12.1 Å². The number of halogens is 2. The summed E-state index contributed by atoms with van der Waals surface area (Å²) in [5.74, 6) is 1.18. The molecule has 27 heavy (non-hydrogen) atoms. The summed E-state index contributed by atoms with van der Waals surface area (Å²) in [5, 5.41) is 4.45. The summed E-state index contributed by atoms with van der Waals surface area (Å²) in [6.07, 6.45) is 2.82. The minimum Gasteiger partial charge on any atom is -0.476 e. The van der Waals surface area contributed by atoms with Gasteiger partial charge < -0.3 is 10.1 Å². The third-order valence-electron chi connectivity index (χ3n) is 5.43. The maximum Gasteiger partial charge on any atom is 0.267 e. The SMILES string of the molecule is O=C(NC1CC2CCN1CC2)C(Oc1ccc(Cl)cc1)c1ccc(Cl)cc1. The number of piperidine rings is 3. The van der Waals surface area contributed by atoms with Crippen LogP contribution in [0.25, 0.3) is 0 Å². The standard InChI is InChI=1S/C21H22Cl2N2O2/c22-16-3-1-15(2-4-16)20(27-18-7-5-17(23)6-8-18)21(26)24-19-13-14-9-11-25(19)12-10-14/h1-8,14,19-20H,9-13H2,(H,24,26). The van der Waals surface area contributed by atoms with E-state index in [0.29, 0.717) is 21.7 Å². The zero-order chi connectivity index (χ0) is 18.8. The third kappa shape index (κ3) is 4.40. The molecule has 2 unspecified atom stereocenters. The van der Waals surface area contributed by atoms with E-state index >= 15 is 0 Å². The molecule has 6 heteroatoms. The lowest BCUT2D eigenvalue weighted by Gasteiger charge is -2.45. The molecule has 2 aromatic rings. The molecule has 0 spiro atoms. The molecule has 2 aromatic carbocycles. The Morgan fingerprint density at radius 2 is 1.59 bits per heavy atom. The zero-order valence-corrected chi connectivity index (χ0v) is 16.4. The first-order valence-electron chi connectivity index (χ1n) is 9.30. The highest BCUT2D eigenvalue weighted by atomic mass is 35.5. The van der Waals surface area contributed by atoms with Crippen molar-refractivity contribution in [1.82, 2.24) is 10.2 Å². The number of nitrogens with one attached hydrogen (secondary N) is 1. The van der Waals surface area contributed by atoms with Crippen LogP contribution in [0.4, 0.5) is 0 Å². The van der Waals surface area contributed by atoms with Gasteiger partial charge >= 0.3 is 0 Å². The van der Waals surface area contributed by atoms with Crippen LogP contribution >= 0.6 is 23.2 Å². The molecule has 0 saturated carbocycles. The Kier molecular flexibility index (Phi) is 5.58. The van der Waals surface area contributed by atoms with E-state index in [1.807, 2.05) is 12.1 Å². The molecule has 142 valence electrons. The second-order valence-corrected chi connectivity index (χ2v) is 8.12. The number of benzene rings is 2. The molecule has 1 amide bonds. The van der Waals surface area contributed by atoms with Crippen LogP contribution in [0.5, 0.6) is 5.75 Å². The van der Waals surface area contributed by atoms with E-state index in [1.165, 1.54) is 12.8 Å². The molecular formula is C21H22Cl2N2O2. The summed E-state index contributed by atoms with van der Waals surface area (Å²) in [6, 6.07) is 14.2. The molecule has 3 saturated heterocycles. The predicted molar refractivity (Wildman–Crippen MR) is 107 cm³/mol. The van der Waals surface area contributed by atoms with E-state index in [2.05, 4.69) is 10.2 Å². The molecule has 2 atom stereocenters. The largest absolute Gasteiger partial charge is 0.476 e. The average molecular weight is 405 g/mol. The summed E-state index contributed by atoms with van der Waals surface area (Å²) in [5.41, 5.74) is 0.766. The highest BCUT2D eigenvalue weighted by Crippen LogP contribution is 2.31. The van der Waals surface area contributed by atoms with Crippen LogP contribution in [0, 0.1) is 5.92 Å². The van der Waals surface area contributed by atoms with E-state index in [4.69, 9.17) is 27.9 Å². The number of rotatable bonds is 5. The molecule has 1 N–H and O–H groups in total. The van der Waals surface area contributed by atoms with Gasteiger partial charge in [0.2, 0.25) is 6.10 Å². The molecule has 2 bridgehead atoms. The fourth-order valence-electron chi connectivity index (χ4n) is 3.91. The number of fused-ring (bicyclic) bond motifs is 3. The van der Waals surface area contributed by atoms with Crippen molar-refractivity contribution in [3.05, 3.63) is 64.1 Å². The van der Waals surface area contributed by atoms with Crippen molar-refractivity contribution in [1.29, 1.82) is 0 Å². The lowest BCUT2D eigenvalue weighted by atomic mass is 9.86. The lowest BCUT2D eigenvalue weighted by Crippen LogP contribution is -2.57. The van der Waals surface area contributed by atoms with Gasteiger partial charge in [-0.05, 0) is 61.6 Å². The summed E-state index contributed by atoms with van der Waals surface area (Å²) in [7, 11) is 0. The lowest BCUT2D eigenvalue weighted by molar-refractivity contribution is -0.132. The van der Waals surface area contributed by atoms with Crippen LogP contribution in [0.1, 0.15) is 30.9 Å². The molecule has 3 aliphatic heterocycles. The van der Waals surface area contributed by atoms with Gasteiger partial charge in [0.1, 0.15) is 5.75 Å². The van der Waals surface area contributed by atoms with E-state index < -0.39 is 6.10 Å². The number of hydrogen-bond donors (Lipinski definition) is 1. The van der Waals surface area contributed by atoms with Crippen LogP contribution in [0.3, 0.4) is 0 Å². The van der Waals surface area contributed by atoms with Crippen LogP contribution in [-0.2, 0) is 4.79 Å². The van der Waals surface area contributed by atoms with Gasteiger partial charge in [-0.1, -0.05) is 35.3 Å². The van der Waals surface area contributed by atoms with Crippen LogP contribution < -0.4 is 10.1 Å².